The second-order valence-electron chi connectivity index (χ2n) is 8.46. The molecule has 0 spiro atoms. The van der Waals surface area contributed by atoms with Crippen LogP contribution in [0.5, 0.6) is 0 Å². The highest BCUT2D eigenvalue weighted by Gasteiger charge is 2.18. The number of benzene rings is 2. The predicted octanol–water partition coefficient (Wildman–Crippen LogP) is 3.50. The number of rotatable bonds is 8. The molecule has 0 radical (unpaired) electrons. The van der Waals surface area contributed by atoms with E-state index >= 15 is 0 Å². The van der Waals surface area contributed by atoms with Gasteiger partial charge in [-0.15, -0.1) is 0 Å². The number of aryl methyl sites for hydroxylation is 2. The van der Waals surface area contributed by atoms with Gasteiger partial charge in [-0.25, -0.2) is 4.98 Å². The van der Waals surface area contributed by atoms with Gasteiger partial charge < -0.3 is 14.8 Å². The zero-order valence-corrected chi connectivity index (χ0v) is 19.1. The number of anilines is 1. The number of carbonyl (C=O) groups excluding carboxylic acids is 1. The van der Waals surface area contributed by atoms with Crippen LogP contribution in [-0.4, -0.2) is 59.6 Å². The van der Waals surface area contributed by atoms with E-state index in [9.17, 15) is 4.79 Å². The van der Waals surface area contributed by atoms with Crippen molar-refractivity contribution in [2.75, 3.05) is 44.2 Å². The normalized spacial score (nSPS) is 14.5. The summed E-state index contributed by atoms with van der Waals surface area (Å²) in [7, 11) is 0. The van der Waals surface area contributed by atoms with E-state index in [0.717, 1.165) is 44.1 Å². The average Bonchev–Trinajstić information content (AvgIpc) is 3.29. The van der Waals surface area contributed by atoms with E-state index in [1.165, 1.54) is 16.8 Å². The van der Waals surface area contributed by atoms with Crippen molar-refractivity contribution in [2.24, 2.45) is 0 Å². The Morgan fingerprint density at radius 2 is 1.75 bits per heavy atom. The SMILES string of the molecule is Cc1cccc(N2CCN(CCNC(=O)CCn3ccnc3-c3ccccc3)CC2)c1C. The number of hydrogen-bond acceptors (Lipinski definition) is 4. The van der Waals surface area contributed by atoms with Gasteiger partial charge in [0.2, 0.25) is 5.91 Å². The Bertz CT molecular complexity index is 1020. The second kappa shape index (κ2) is 10.5. The lowest BCUT2D eigenvalue weighted by molar-refractivity contribution is -0.121. The molecule has 0 unspecified atom stereocenters. The minimum Gasteiger partial charge on any atom is -0.369 e. The molecule has 4 rings (SSSR count). The third-order valence-corrected chi connectivity index (χ3v) is 6.37. The number of carbonyl (C=O) groups is 1. The first-order valence-corrected chi connectivity index (χ1v) is 11.5. The second-order valence-corrected chi connectivity index (χ2v) is 8.46. The van der Waals surface area contributed by atoms with Crippen molar-refractivity contribution in [2.45, 2.75) is 26.8 Å². The van der Waals surface area contributed by atoms with Gasteiger partial charge in [-0.05, 0) is 31.0 Å². The predicted molar refractivity (Wildman–Crippen MR) is 130 cm³/mol. The third kappa shape index (κ3) is 5.37. The molecule has 1 fully saturated rings. The summed E-state index contributed by atoms with van der Waals surface area (Å²) in [5.41, 5.74) is 5.14. The maximum atomic E-state index is 12.4. The Labute approximate surface area is 190 Å². The van der Waals surface area contributed by atoms with Crippen LogP contribution in [-0.2, 0) is 11.3 Å². The molecule has 2 aromatic carbocycles. The van der Waals surface area contributed by atoms with E-state index in [4.69, 9.17) is 0 Å². The molecule has 1 aliphatic rings. The van der Waals surface area contributed by atoms with Crippen LogP contribution in [0, 0.1) is 13.8 Å². The van der Waals surface area contributed by atoms with Crippen molar-refractivity contribution < 1.29 is 4.79 Å². The molecule has 6 heteroatoms. The maximum absolute atomic E-state index is 12.4. The lowest BCUT2D eigenvalue weighted by Gasteiger charge is -2.37. The molecule has 0 atom stereocenters. The number of aromatic nitrogens is 2. The van der Waals surface area contributed by atoms with Crippen LogP contribution in [0.25, 0.3) is 11.4 Å². The summed E-state index contributed by atoms with van der Waals surface area (Å²) in [6.45, 7) is 10.7. The largest absolute Gasteiger partial charge is 0.369 e. The van der Waals surface area contributed by atoms with Crippen molar-refractivity contribution >= 4 is 11.6 Å². The number of amides is 1. The molecule has 1 amide bonds. The van der Waals surface area contributed by atoms with Gasteiger partial charge in [0.05, 0.1) is 0 Å². The molecule has 1 aliphatic heterocycles. The standard InChI is InChI=1S/C26H33N5O/c1-21-7-6-10-24(22(21)2)30-19-17-29(18-20-30)15-12-27-25(32)11-14-31-16-13-28-26(31)23-8-4-3-5-9-23/h3-10,13,16H,11-12,14-15,17-20H2,1-2H3,(H,27,32). The lowest BCUT2D eigenvalue weighted by atomic mass is 10.1. The van der Waals surface area contributed by atoms with E-state index in [-0.39, 0.29) is 5.91 Å². The van der Waals surface area contributed by atoms with E-state index in [2.05, 4.69) is 52.1 Å². The highest BCUT2D eigenvalue weighted by Crippen LogP contribution is 2.23. The van der Waals surface area contributed by atoms with Crippen LogP contribution < -0.4 is 10.2 Å². The molecule has 6 nitrogen and oxygen atoms in total. The first-order valence-electron chi connectivity index (χ1n) is 11.5. The Morgan fingerprint density at radius 1 is 0.969 bits per heavy atom. The summed E-state index contributed by atoms with van der Waals surface area (Å²) >= 11 is 0. The molecule has 168 valence electrons. The molecule has 2 heterocycles. The first-order chi connectivity index (χ1) is 15.6. The van der Waals surface area contributed by atoms with Crippen LogP contribution in [0.3, 0.4) is 0 Å². The van der Waals surface area contributed by atoms with Crippen molar-refractivity contribution in [3.63, 3.8) is 0 Å². The summed E-state index contributed by atoms with van der Waals surface area (Å²) in [5, 5.41) is 3.08. The van der Waals surface area contributed by atoms with Gasteiger partial charge in [-0.3, -0.25) is 9.69 Å². The summed E-state index contributed by atoms with van der Waals surface area (Å²) in [5.74, 6) is 0.992. The van der Waals surface area contributed by atoms with Gasteiger partial charge >= 0.3 is 0 Å². The van der Waals surface area contributed by atoms with Crippen LogP contribution in [0.2, 0.25) is 0 Å². The molecule has 32 heavy (non-hydrogen) atoms. The summed E-state index contributed by atoms with van der Waals surface area (Å²) < 4.78 is 2.04. The molecule has 0 saturated carbocycles. The number of imidazole rings is 1. The lowest BCUT2D eigenvalue weighted by Crippen LogP contribution is -2.48. The fourth-order valence-corrected chi connectivity index (χ4v) is 4.29. The van der Waals surface area contributed by atoms with Crippen molar-refractivity contribution in [3.8, 4) is 11.4 Å². The van der Waals surface area contributed by atoms with Crippen LogP contribution in [0.4, 0.5) is 5.69 Å². The van der Waals surface area contributed by atoms with Crippen molar-refractivity contribution in [1.29, 1.82) is 0 Å². The fourth-order valence-electron chi connectivity index (χ4n) is 4.29. The molecule has 0 aliphatic carbocycles. The first kappa shape index (κ1) is 22.1. The van der Waals surface area contributed by atoms with E-state index in [0.29, 0.717) is 19.5 Å². The minimum absolute atomic E-state index is 0.0896. The maximum Gasteiger partial charge on any atom is 0.221 e. The van der Waals surface area contributed by atoms with Crippen LogP contribution >= 0.6 is 0 Å². The van der Waals surface area contributed by atoms with E-state index in [1.807, 2.05) is 41.1 Å². The quantitative estimate of drug-likeness (QED) is 0.593. The Morgan fingerprint density at radius 3 is 2.53 bits per heavy atom. The Hall–Kier alpha value is -3.12. The van der Waals surface area contributed by atoms with Crippen molar-refractivity contribution in [3.05, 3.63) is 72.1 Å². The molecule has 1 aromatic heterocycles. The molecular formula is C26H33N5O. The van der Waals surface area contributed by atoms with E-state index in [1.54, 1.807) is 6.20 Å². The summed E-state index contributed by atoms with van der Waals surface area (Å²) in [6.07, 6.45) is 4.18. The third-order valence-electron chi connectivity index (χ3n) is 6.37. The molecule has 1 saturated heterocycles. The Kier molecular flexibility index (Phi) is 7.22. The highest BCUT2D eigenvalue weighted by molar-refractivity contribution is 5.75. The number of nitrogens with zero attached hydrogens (tertiary/aromatic N) is 4. The monoisotopic (exact) mass is 431 g/mol. The smallest absolute Gasteiger partial charge is 0.221 e. The van der Waals surface area contributed by atoms with Gasteiger partial charge in [-0.2, -0.15) is 0 Å². The number of nitrogens with one attached hydrogen (secondary N) is 1. The number of hydrogen-bond donors (Lipinski definition) is 1. The zero-order valence-electron chi connectivity index (χ0n) is 19.1. The average molecular weight is 432 g/mol. The molecular weight excluding hydrogens is 398 g/mol. The van der Waals surface area contributed by atoms with Crippen molar-refractivity contribution in [1.82, 2.24) is 19.8 Å². The van der Waals surface area contributed by atoms with E-state index < -0.39 is 0 Å². The topological polar surface area (TPSA) is 53.4 Å². The highest BCUT2D eigenvalue weighted by atomic mass is 16.1. The van der Waals surface area contributed by atoms with Crippen LogP contribution in [0.15, 0.2) is 60.9 Å². The zero-order chi connectivity index (χ0) is 22.3. The summed E-state index contributed by atoms with van der Waals surface area (Å²) in [4.78, 5) is 21.7. The fraction of sp³-hybridized carbons (Fsp3) is 0.385. The minimum atomic E-state index is 0.0896. The van der Waals surface area contributed by atoms with Gasteiger partial charge in [0.15, 0.2) is 0 Å². The van der Waals surface area contributed by atoms with Crippen LogP contribution in [0.1, 0.15) is 17.5 Å². The Balaban J connectivity index is 1.17. The molecule has 1 N–H and O–H groups in total. The van der Waals surface area contributed by atoms with Gasteiger partial charge in [0.25, 0.3) is 0 Å². The number of piperazine rings is 1. The van der Waals surface area contributed by atoms with Gasteiger partial charge in [0.1, 0.15) is 5.82 Å². The summed E-state index contributed by atoms with van der Waals surface area (Å²) in [6, 6.07) is 16.6. The molecule has 0 bridgehead atoms. The van der Waals surface area contributed by atoms with Gasteiger partial charge in [0, 0.05) is 75.9 Å². The molecule has 3 aromatic rings. The van der Waals surface area contributed by atoms with Gasteiger partial charge in [-0.1, -0.05) is 42.5 Å².